The third kappa shape index (κ3) is 4.00. The molecule has 0 unspecified atom stereocenters. The molecule has 1 aliphatic heterocycles. The van der Waals surface area contributed by atoms with Gasteiger partial charge in [-0.1, -0.05) is 66.7 Å². The van der Waals surface area contributed by atoms with Crippen LogP contribution in [0.15, 0.2) is 66.7 Å². The van der Waals surface area contributed by atoms with E-state index in [4.69, 9.17) is 5.73 Å². The number of carbonyl (C=O) groups is 2. The zero-order valence-electron chi connectivity index (χ0n) is 14.7. The van der Waals surface area contributed by atoms with Gasteiger partial charge in [-0.25, -0.2) is 0 Å². The van der Waals surface area contributed by atoms with Crippen LogP contribution >= 0.6 is 0 Å². The molecule has 1 aliphatic rings. The Hall–Kier alpha value is -2.92. The van der Waals surface area contributed by atoms with E-state index in [-0.39, 0.29) is 17.7 Å². The number of rotatable bonds is 4. The van der Waals surface area contributed by atoms with Gasteiger partial charge in [0, 0.05) is 12.5 Å². The van der Waals surface area contributed by atoms with E-state index in [0.717, 1.165) is 16.7 Å². The van der Waals surface area contributed by atoms with Crippen LogP contribution in [0.5, 0.6) is 0 Å². The van der Waals surface area contributed by atoms with E-state index in [1.54, 1.807) is 6.92 Å². The second-order valence-electron chi connectivity index (χ2n) is 6.49. The molecule has 0 spiro atoms. The van der Waals surface area contributed by atoms with Crippen LogP contribution in [0.4, 0.5) is 0 Å². The third-order valence-corrected chi connectivity index (χ3v) is 4.52. The van der Waals surface area contributed by atoms with Crippen molar-refractivity contribution in [2.24, 2.45) is 5.73 Å². The summed E-state index contributed by atoms with van der Waals surface area (Å²) in [5.74, 6) is -0.839. The Morgan fingerprint density at radius 2 is 1.73 bits per heavy atom. The predicted octanol–water partition coefficient (Wildman–Crippen LogP) is 1.82. The minimum absolute atomic E-state index is 0.213. The summed E-state index contributed by atoms with van der Waals surface area (Å²) in [5, 5.41) is 5.73. The average molecular weight is 349 g/mol. The summed E-state index contributed by atoms with van der Waals surface area (Å²) in [6.45, 7) is 2.02. The summed E-state index contributed by atoms with van der Waals surface area (Å²) in [6.07, 6.45) is 2.06. The molecule has 1 heterocycles. The maximum atomic E-state index is 12.7. The van der Waals surface area contributed by atoms with Crippen molar-refractivity contribution in [3.8, 4) is 0 Å². The lowest BCUT2D eigenvalue weighted by atomic mass is 9.88. The van der Waals surface area contributed by atoms with Gasteiger partial charge in [-0.15, -0.1) is 0 Å². The Labute approximate surface area is 153 Å². The van der Waals surface area contributed by atoms with E-state index >= 15 is 0 Å². The molecule has 0 fully saturated rings. The van der Waals surface area contributed by atoms with Gasteiger partial charge in [0.2, 0.25) is 11.8 Å². The highest BCUT2D eigenvalue weighted by Crippen LogP contribution is 2.28. The van der Waals surface area contributed by atoms with E-state index in [1.807, 2.05) is 60.7 Å². The molecule has 0 bridgehead atoms. The summed E-state index contributed by atoms with van der Waals surface area (Å²) in [6, 6.07) is 18.3. The molecule has 5 nitrogen and oxygen atoms in total. The highest BCUT2D eigenvalue weighted by atomic mass is 16.2. The molecule has 134 valence electrons. The Kier molecular flexibility index (Phi) is 5.49. The lowest BCUT2D eigenvalue weighted by Gasteiger charge is -2.24. The Bertz CT molecular complexity index is 801. The fourth-order valence-electron chi connectivity index (χ4n) is 3.08. The maximum absolute atomic E-state index is 12.7. The number of nitrogens with one attached hydrogen (secondary N) is 2. The van der Waals surface area contributed by atoms with Crippen molar-refractivity contribution in [3.05, 3.63) is 77.9 Å². The first-order chi connectivity index (χ1) is 12.6. The van der Waals surface area contributed by atoms with Crippen molar-refractivity contribution in [1.29, 1.82) is 0 Å². The van der Waals surface area contributed by atoms with E-state index in [9.17, 15) is 9.59 Å². The summed E-state index contributed by atoms with van der Waals surface area (Å²) in [7, 11) is 0. The summed E-state index contributed by atoms with van der Waals surface area (Å²) in [4.78, 5) is 24.9. The van der Waals surface area contributed by atoms with Crippen molar-refractivity contribution in [2.75, 3.05) is 6.54 Å². The molecule has 5 heteroatoms. The SMILES string of the molecule is C[C@H](N)C(=O)N[C@@H]1C(=O)NCC(c2ccccc2)=C[C@H]1c1ccccc1. The number of nitrogens with two attached hydrogens (primary N) is 1. The van der Waals surface area contributed by atoms with Crippen LogP contribution < -0.4 is 16.4 Å². The standard InChI is InChI=1S/C21H23N3O2/c1-14(22)20(25)24-19-18(16-10-6-3-7-11-16)12-17(13-23-21(19)26)15-8-4-2-5-9-15/h2-12,14,18-19H,13,22H2,1H3,(H,23,26)(H,24,25)/t14-,18-,19-/m0/s1. The fraction of sp³-hybridized carbons (Fsp3) is 0.238. The molecule has 0 aliphatic carbocycles. The van der Waals surface area contributed by atoms with Gasteiger partial charge in [-0.05, 0) is 23.6 Å². The topological polar surface area (TPSA) is 84.2 Å². The van der Waals surface area contributed by atoms with Gasteiger partial charge in [0.25, 0.3) is 0 Å². The van der Waals surface area contributed by atoms with Crippen LogP contribution in [-0.2, 0) is 9.59 Å². The quantitative estimate of drug-likeness (QED) is 0.787. The lowest BCUT2D eigenvalue weighted by Crippen LogP contribution is -2.52. The Morgan fingerprint density at radius 1 is 1.12 bits per heavy atom. The minimum atomic E-state index is -0.711. The first-order valence-corrected chi connectivity index (χ1v) is 8.71. The Morgan fingerprint density at radius 3 is 2.35 bits per heavy atom. The van der Waals surface area contributed by atoms with Crippen LogP contribution in [0.25, 0.3) is 5.57 Å². The molecule has 0 saturated heterocycles. The van der Waals surface area contributed by atoms with E-state index in [0.29, 0.717) is 6.54 Å². The van der Waals surface area contributed by atoms with Gasteiger partial charge >= 0.3 is 0 Å². The molecule has 3 rings (SSSR count). The molecule has 2 aromatic carbocycles. The van der Waals surface area contributed by atoms with Gasteiger partial charge in [0.1, 0.15) is 6.04 Å². The van der Waals surface area contributed by atoms with Gasteiger partial charge in [-0.3, -0.25) is 9.59 Å². The van der Waals surface area contributed by atoms with Crippen LogP contribution in [0, 0.1) is 0 Å². The minimum Gasteiger partial charge on any atom is -0.350 e. The van der Waals surface area contributed by atoms with E-state index in [2.05, 4.69) is 16.7 Å². The van der Waals surface area contributed by atoms with Gasteiger partial charge in [0.15, 0.2) is 0 Å². The summed E-state index contributed by atoms with van der Waals surface area (Å²) in [5.41, 5.74) is 8.71. The second kappa shape index (κ2) is 7.97. The van der Waals surface area contributed by atoms with E-state index < -0.39 is 12.1 Å². The van der Waals surface area contributed by atoms with Crippen LogP contribution in [0.1, 0.15) is 24.0 Å². The molecular weight excluding hydrogens is 326 g/mol. The van der Waals surface area contributed by atoms with E-state index in [1.165, 1.54) is 0 Å². The largest absolute Gasteiger partial charge is 0.350 e. The number of benzene rings is 2. The van der Waals surface area contributed by atoms with Crippen molar-refractivity contribution in [3.63, 3.8) is 0 Å². The normalized spacial score (nSPS) is 21.2. The summed E-state index contributed by atoms with van der Waals surface area (Å²) < 4.78 is 0. The first-order valence-electron chi connectivity index (χ1n) is 8.71. The second-order valence-corrected chi connectivity index (χ2v) is 6.49. The third-order valence-electron chi connectivity index (χ3n) is 4.52. The van der Waals surface area contributed by atoms with Crippen LogP contribution in [-0.4, -0.2) is 30.4 Å². The zero-order valence-corrected chi connectivity index (χ0v) is 14.7. The highest BCUT2D eigenvalue weighted by molar-refractivity contribution is 5.92. The first kappa shape index (κ1) is 17.9. The van der Waals surface area contributed by atoms with Crippen molar-refractivity contribution >= 4 is 17.4 Å². The number of amides is 2. The summed E-state index contributed by atoms with van der Waals surface area (Å²) >= 11 is 0. The van der Waals surface area contributed by atoms with Gasteiger partial charge in [0.05, 0.1) is 6.04 Å². The molecular formula is C21H23N3O2. The molecule has 0 saturated carbocycles. The van der Waals surface area contributed by atoms with Gasteiger partial charge in [-0.2, -0.15) is 0 Å². The smallest absolute Gasteiger partial charge is 0.243 e. The van der Waals surface area contributed by atoms with Crippen molar-refractivity contribution < 1.29 is 9.59 Å². The number of hydrogen-bond acceptors (Lipinski definition) is 3. The van der Waals surface area contributed by atoms with Crippen LogP contribution in [0.3, 0.4) is 0 Å². The molecule has 0 aromatic heterocycles. The molecule has 3 atom stereocenters. The Balaban J connectivity index is 2.03. The lowest BCUT2D eigenvalue weighted by molar-refractivity contribution is -0.129. The number of carbonyl (C=O) groups excluding carboxylic acids is 2. The van der Waals surface area contributed by atoms with Crippen LogP contribution in [0.2, 0.25) is 0 Å². The molecule has 26 heavy (non-hydrogen) atoms. The fourth-order valence-corrected chi connectivity index (χ4v) is 3.08. The van der Waals surface area contributed by atoms with Crippen molar-refractivity contribution in [1.82, 2.24) is 10.6 Å². The highest BCUT2D eigenvalue weighted by Gasteiger charge is 2.33. The van der Waals surface area contributed by atoms with Gasteiger partial charge < -0.3 is 16.4 Å². The monoisotopic (exact) mass is 349 g/mol. The average Bonchev–Trinajstić information content (AvgIpc) is 2.83. The van der Waals surface area contributed by atoms with Crippen molar-refractivity contribution in [2.45, 2.75) is 24.9 Å². The molecule has 4 N–H and O–H groups in total. The molecule has 0 radical (unpaired) electrons. The predicted molar refractivity (Wildman–Crippen MR) is 102 cm³/mol. The maximum Gasteiger partial charge on any atom is 0.243 e. The number of hydrogen-bond donors (Lipinski definition) is 3. The molecule has 2 aromatic rings. The zero-order chi connectivity index (χ0) is 18.5. The molecule has 2 amide bonds.